The number of hydrogen-bond acceptors (Lipinski definition) is 9. The molecule has 0 saturated heterocycles. The summed E-state index contributed by atoms with van der Waals surface area (Å²) in [7, 11) is 3.57. The second kappa shape index (κ2) is 19.8. The van der Waals surface area contributed by atoms with Gasteiger partial charge in [0.25, 0.3) is 0 Å². The summed E-state index contributed by atoms with van der Waals surface area (Å²) in [6.45, 7) is 9.50. The Hall–Kier alpha value is -2.73. The molecule has 1 spiro atoms. The van der Waals surface area contributed by atoms with E-state index < -0.39 is 23.3 Å². The molecule has 4 bridgehead atoms. The van der Waals surface area contributed by atoms with Gasteiger partial charge in [-0.05, 0) is 157 Å². The Morgan fingerprint density at radius 1 is 1.11 bits per heavy atom. The van der Waals surface area contributed by atoms with E-state index in [1.165, 1.54) is 11.1 Å². The van der Waals surface area contributed by atoms with Crippen LogP contribution in [0, 0.1) is 29.1 Å². The molecule has 0 amide bonds. The zero-order valence-corrected chi connectivity index (χ0v) is 34.4. The van der Waals surface area contributed by atoms with E-state index in [2.05, 4.69) is 54.5 Å². The predicted molar refractivity (Wildman–Crippen MR) is 223 cm³/mol. The van der Waals surface area contributed by atoms with Crippen LogP contribution >= 0.6 is 0 Å². The molecule has 1 aromatic rings. The molecule has 3 aliphatic carbocycles. The average Bonchev–Trinajstić information content (AvgIpc) is 3.54. The molecule has 4 aliphatic rings. The van der Waals surface area contributed by atoms with Crippen molar-refractivity contribution in [1.82, 2.24) is 10.6 Å². The highest BCUT2D eigenvalue weighted by Gasteiger charge is 2.65. The number of fused-ring (bicyclic) bond motifs is 3. The molecule has 9 atom stereocenters. The largest absolute Gasteiger partial charge is 0.396 e. The van der Waals surface area contributed by atoms with Crippen molar-refractivity contribution in [2.45, 2.75) is 121 Å². The number of benzene rings is 1. The van der Waals surface area contributed by atoms with Gasteiger partial charge in [0, 0.05) is 37.2 Å². The molecule has 56 heavy (non-hydrogen) atoms. The zero-order valence-electron chi connectivity index (χ0n) is 34.4. The van der Waals surface area contributed by atoms with Crippen LogP contribution in [0.5, 0.6) is 0 Å². The number of ether oxygens (including phenoxy) is 1. The van der Waals surface area contributed by atoms with E-state index in [9.17, 15) is 30.3 Å². The highest BCUT2D eigenvalue weighted by molar-refractivity contribution is 5.74. The Kier molecular flexibility index (Phi) is 15.7. The lowest BCUT2D eigenvalue weighted by molar-refractivity contribution is -0.180. The summed E-state index contributed by atoms with van der Waals surface area (Å²) in [6, 6.07) is 8.76. The molecule has 0 unspecified atom stereocenters. The number of nitrogens with one attached hydrogen (secondary N) is 2. The van der Waals surface area contributed by atoms with E-state index >= 15 is 0 Å². The first-order chi connectivity index (χ1) is 26.9. The van der Waals surface area contributed by atoms with Gasteiger partial charge in [0.2, 0.25) is 0 Å². The van der Waals surface area contributed by atoms with Crippen LogP contribution in [-0.4, -0.2) is 95.8 Å². The fourth-order valence-electron chi connectivity index (χ4n) is 11.0. The van der Waals surface area contributed by atoms with Crippen LogP contribution in [0.2, 0.25) is 0 Å². The maximum Gasteiger partial charge on any atom is 0.145 e. The van der Waals surface area contributed by atoms with E-state index in [-0.39, 0.29) is 42.4 Å². The molecular weight excluding hydrogens is 705 g/mol. The van der Waals surface area contributed by atoms with Crippen molar-refractivity contribution in [1.29, 1.82) is 0 Å². The van der Waals surface area contributed by atoms with Gasteiger partial charge in [-0.15, -0.1) is 0 Å². The molecular formula is C47H70N2O7. The van der Waals surface area contributed by atoms with Crippen molar-refractivity contribution in [2.75, 3.05) is 40.5 Å². The number of aliphatic hydroxyl groups is 5. The van der Waals surface area contributed by atoms with Crippen LogP contribution < -0.4 is 10.6 Å². The highest BCUT2D eigenvalue weighted by Crippen LogP contribution is 2.64. The third-order valence-corrected chi connectivity index (χ3v) is 14.1. The second-order valence-electron chi connectivity index (χ2n) is 17.5. The van der Waals surface area contributed by atoms with Crippen LogP contribution in [0.15, 0.2) is 83.0 Å². The molecule has 1 heterocycles. The molecule has 0 radical (unpaired) electrons. The number of carbonyl (C=O) groups is 1. The number of rotatable bonds is 15. The molecule has 310 valence electrons. The summed E-state index contributed by atoms with van der Waals surface area (Å²) in [5.41, 5.74) is 4.30. The van der Waals surface area contributed by atoms with Gasteiger partial charge in [0.1, 0.15) is 12.5 Å². The number of aldehydes is 1. The molecule has 9 heteroatoms. The van der Waals surface area contributed by atoms with Crippen molar-refractivity contribution in [3.63, 3.8) is 0 Å². The minimum atomic E-state index is -1.19. The minimum absolute atomic E-state index is 0.0128. The average molecular weight is 775 g/mol. The number of carbonyl (C=O) groups excluding carboxylic acids is 1. The molecule has 9 nitrogen and oxygen atoms in total. The predicted octanol–water partition coefficient (Wildman–Crippen LogP) is 5.66. The Labute approximate surface area is 335 Å². The summed E-state index contributed by atoms with van der Waals surface area (Å²) in [5.74, 6) is -0.375. The van der Waals surface area contributed by atoms with Crippen molar-refractivity contribution in [3.05, 3.63) is 94.1 Å². The molecule has 5 rings (SSSR count). The highest BCUT2D eigenvalue weighted by atomic mass is 16.5. The summed E-state index contributed by atoms with van der Waals surface area (Å²) in [6.07, 6.45) is 16.2. The fraction of sp³-hybridized carbons (Fsp3) is 0.638. The second-order valence-corrected chi connectivity index (χ2v) is 17.5. The maximum absolute atomic E-state index is 12.5. The Bertz CT molecular complexity index is 1630. The van der Waals surface area contributed by atoms with Gasteiger partial charge in [-0.25, -0.2) is 0 Å². The van der Waals surface area contributed by atoms with Gasteiger partial charge in [0.15, 0.2) is 0 Å². The quantitative estimate of drug-likeness (QED) is 0.0519. The number of hydrogen-bond donors (Lipinski definition) is 7. The lowest BCUT2D eigenvalue weighted by Gasteiger charge is -2.57. The van der Waals surface area contributed by atoms with Crippen LogP contribution in [0.25, 0.3) is 0 Å². The summed E-state index contributed by atoms with van der Waals surface area (Å²) < 4.78 is 5.45. The van der Waals surface area contributed by atoms with Crippen LogP contribution in [0.3, 0.4) is 0 Å². The molecule has 1 aliphatic heterocycles. The standard InChI is InChI=1S/C47H70N2O7/c1-32(41-27-34-11-7-12-35(26-34)29-45(3,22-25-56-5)49-44(54)37-14-8-13-36(41)28-37)10-6-15-38(31-52)40-18-20-47(43(40)53)42(16-9-24-50)39(33(2)30-51)17-19-46(47,55)21-23-48-4/h6-7,10-12,15,26,28,30,36,40-44,48-50,52-55H,1,8-9,13-14,16-25,27,29,31H2,2-5H3/b10-6+,38-15-,39-33-/t36-,40-,41+,42-,43+,44-,45+,46-,47+/m0/s1. The molecule has 1 aromatic carbocycles. The van der Waals surface area contributed by atoms with Gasteiger partial charge in [-0.2, -0.15) is 0 Å². The van der Waals surface area contributed by atoms with E-state index in [1.54, 1.807) is 7.11 Å². The van der Waals surface area contributed by atoms with Crippen molar-refractivity contribution >= 4 is 6.29 Å². The normalized spacial score (nSPS) is 34.9. The van der Waals surface area contributed by atoms with Crippen LogP contribution in [0.4, 0.5) is 0 Å². The van der Waals surface area contributed by atoms with Gasteiger partial charge in [-0.3, -0.25) is 10.1 Å². The van der Waals surface area contributed by atoms with Crippen LogP contribution in [0.1, 0.15) is 95.6 Å². The fourth-order valence-corrected chi connectivity index (χ4v) is 11.0. The lowest BCUT2D eigenvalue weighted by atomic mass is 9.51. The number of aliphatic hydroxyl groups excluding tert-OH is 4. The molecule has 2 fully saturated rings. The lowest BCUT2D eigenvalue weighted by Crippen LogP contribution is -2.61. The first-order valence-electron chi connectivity index (χ1n) is 21.1. The van der Waals surface area contributed by atoms with E-state index in [4.69, 9.17) is 4.74 Å². The molecule has 7 N–H and O–H groups in total. The summed E-state index contributed by atoms with van der Waals surface area (Å²) in [4.78, 5) is 12.1. The third kappa shape index (κ3) is 9.58. The number of methoxy groups -OCH3 is 1. The SMILES string of the molecule is C=C(/C=C/C=C(/CO)[C@@H]1CC[C@]2([C@@H]1O)[C@@H](CCCO)/C(=C(/C)C=O)CC[C@]2(O)CCNC)[C@H]1Cc2cccc(c2)C[C@@](C)(CCOC)N[C@@H](O)C2=C[C@@H]1CCC2. The third-order valence-electron chi connectivity index (χ3n) is 14.1. The van der Waals surface area contributed by atoms with E-state index in [1.807, 2.05) is 32.2 Å². The summed E-state index contributed by atoms with van der Waals surface area (Å²) in [5, 5.41) is 64.0. The van der Waals surface area contributed by atoms with Crippen molar-refractivity contribution in [3.8, 4) is 0 Å². The Balaban J connectivity index is 1.44. The summed E-state index contributed by atoms with van der Waals surface area (Å²) >= 11 is 0. The van der Waals surface area contributed by atoms with Gasteiger partial charge in [0.05, 0.1) is 18.3 Å². The molecule has 2 saturated carbocycles. The minimum Gasteiger partial charge on any atom is -0.396 e. The van der Waals surface area contributed by atoms with Crippen molar-refractivity contribution < 1.29 is 35.1 Å². The topological polar surface area (TPSA) is 152 Å². The zero-order chi connectivity index (χ0) is 40.5. The van der Waals surface area contributed by atoms with Gasteiger partial charge in [-0.1, -0.05) is 66.3 Å². The van der Waals surface area contributed by atoms with Crippen LogP contribution in [-0.2, 0) is 22.4 Å². The smallest absolute Gasteiger partial charge is 0.145 e. The van der Waals surface area contributed by atoms with Crippen molar-refractivity contribution in [2.24, 2.45) is 29.1 Å². The maximum atomic E-state index is 12.5. The molecule has 0 aromatic heterocycles. The first-order valence-corrected chi connectivity index (χ1v) is 21.1. The Morgan fingerprint density at radius 3 is 2.61 bits per heavy atom. The Morgan fingerprint density at radius 2 is 1.89 bits per heavy atom. The van der Waals surface area contributed by atoms with E-state index in [0.717, 1.165) is 61.5 Å². The monoisotopic (exact) mass is 775 g/mol. The van der Waals surface area contributed by atoms with Gasteiger partial charge >= 0.3 is 0 Å². The number of allylic oxidation sites excluding steroid dienone is 7. The first kappa shape index (κ1) is 44.4. The van der Waals surface area contributed by atoms with Gasteiger partial charge < -0.3 is 35.6 Å². The van der Waals surface area contributed by atoms with E-state index in [0.29, 0.717) is 69.2 Å².